The monoisotopic (exact) mass is 291 g/mol. The SMILES string of the molecule is C=CCc1cc(OCCCC)ccc1OCCCN(C)C. The molecule has 0 aromatic heterocycles. The third kappa shape index (κ3) is 7.19. The average Bonchev–Trinajstić information content (AvgIpc) is 2.46. The van der Waals surface area contributed by atoms with E-state index in [0.717, 1.165) is 62.5 Å². The highest BCUT2D eigenvalue weighted by molar-refractivity contribution is 5.41. The van der Waals surface area contributed by atoms with Crippen LogP contribution in [-0.2, 0) is 6.42 Å². The summed E-state index contributed by atoms with van der Waals surface area (Å²) in [6.45, 7) is 8.52. The van der Waals surface area contributed by atoms with E-state index in [9.17, 15) is 0 Å². The van der Waals surface area contributed by atoms with Gasteiger partial charge >= 0.3 is 0 Å². The van der Waals surface area contributed by atoms with Crippen LogP contribution in [0.5, 0.6) is 11.5 Å². The van der Waals surface area contributed by atoms with Crippen molar-refractivity contribution in [2.24, 2.45) is 0 Å². The molecule has 1 rings (SSSR count). The van der Waals surface area contributed by atoms with Crippen LogP contribution in [0.15, 0.2) is 30.9 Å². The van der Waals surface area contributed by atoms with Crippen molar-refractivity contribution in [2.45, 2.75) is 32.6 Å². The Labute approximate surface area is 129 Å². The smallest absolute Gasteiger partial charge is 0.123 e. The summed E-state index contributed by atoms with van der Waals surface area (Å²) < 4.78 is 11.6. The summed E-state index contributed by atoms with van der Waals surface area (Å²) in [7, 11) is 4.15. The highest BCUT2D eigenvalue weighted by Gasteiger charge is 2.05. The molecule has 118 valence electrons. The van der Waals surface area contributed by atoms with Crippen molar-refractivity contribution in [2.75, 3.05) is 33.9 Å². The zero-order chi connectivity index (χ0) is 15.5. The molecule has 0 N–H and O–H groups in total. The number of ether oxygens (including phenoxy) is 2. The Kier molecular flexibility index (Phi) is 8.60. The van der Waals surface area contributed by atoms with Crippen molar-refractivity contribution in [1.82, 2.24) is 4.90 Å². The normalized spacial score (nSPS) is 10.7. The van der Waals surface area contributed by atoms with Crippen molar-refractivity contribution >= 4 is 0 Å². The Morgan fingerprint density at radius 2 is 1.90 bits per heavy atom. The molecule has 0 unspecified atom stereocenters. The number of hydrogen-bond acceptors (Lipinski definition) is 3. The van der Waals surface area contributed by atoms with Crippen molar-refractivity contribution in [3.8, 4) is 11.5 Å². The van der Waals surface area contributed by atoms with Crippen molar-refractivity contribution in [3.63, 3.8) is 0 Å². The standard InChI is InChI=1S/C18H29NO2/c1-5-7-13-20-17-10-11-18(16(15-17)9-6-2)21-14-8-12-19(3)4/h6,10-11,15H,2,5,7-9,12-14H2,1,3-4H3. The molecule has 0 aliphatic rings. The first kappa shape index (κ1) is 17.6. The third-order valence-corrected chi connectivity index (χ3v) is 3.17. The molecule has 3 heteroatoms. The maximum atomic E-state index is 5.89. The van der Waals surface area contributed by atoms with E-state index >= 15 is 0 Å². The number of nitrogens with zero attached hydrogens (tertiary/aromatic N) is 1. The summed E-state index contributed by atoms with van der Waals surface area (Å²) in [5, 5.41) is 0. The minimum Gasteiger partial charge on any atom is -0.494 e. The van der Waals surface area contributed by atoms with Crippen LogP contribution < -0.4 is 9.47 Å². The van der Waals surface area contributed by atoms with Gasteiger partial charge in [-0.2, -0.15) is 0 Å². The average molecular weight is 291 g/mol. The predicted octanol–water partition coefficient (Wildman–Crippen LogP) is 3.92. The Balaban J connectivity index is 2.58. The number of hydrogen-bond donors (Lipinski definition) is 0. The molecule has 0 saturated carbocycles. The Morgan fingerprint density at radius 1 is 1.14 bits per heavy atom. The van der Waals surface area contributed by atoms with Gasteiger partial charge in [-0.05, 0) is 51.6 Å². The van der Waals surface area contributed by atoms with E-state index in [1.54, 1.807) is 0 Å². The molecule has 3 nitrogen and oxygen atoms in total. The minimum atomic E-state index is 0.734. The van der Waals surface area contributed by atoms with Gasteiger partial charge in [0.1, 0.15) is 11.5 Å². The maximum absolute atomic E-state index is 5.89. The lowest BCUT2D eigenvalue weighted by Crippen LogP contribution is -2.15. The summed E-state index contributed by atoms with van der Waals surface area (Å²) in [6, 6.07) is 6.07. The molecule has 0 amide bonds. The fraction of sp³-hybridized carbons (Fsp3) is 0.556. The van der Waals surface area contributed by atoms with Crippen molar-refractivity contribution < 1.29 is 9.47 Å². The van der Waals surface area contributed by atoms with Crippen LogP contribution >= 0.6 is 0 Å². The van der Waals surface area contributed by atoms with Gasteiger partial charge in [-0.25, -0.2) is 0 Å². The first-order valence-corrected chi connectivity index (χ1v) is 7.81. The second-order valence-electron chi connectivity index (χ2n) is 5.47. The van der Waals surface area contributed by atoms with Gasteiger partial charge in [-0.3, -0.25) is 0 Å². The van der Waals surface area contributed by atoms with Gasteiger partial charge in [-0.1, -0.05) is 19.4 Å². The first-order valence-electron chi connectivity index (χ1n) is 7.81. The molecule has 1 aromatic carbocycles. The topological polar surface area (TPSA) is 21.7 Å². The molecule has 0 bridgehead atoms. The summed E-state index contributed by atoms with van der Waals surface area (Å²) >= 11 is 0. The van der Waals surface area contributed by atoms with Crippen LogP contribution in [0.3, 0.4) is 0 Å². The fourth-order valence-electron chi connectivity index (χ4n) is 2.00. The van der Waals surface area contributed by atoms with E-state index in [1.165, 1.54) is 0 Å². The number of benzene rings is 1. The van der Waals surface area contributed by atoms with Crippen molar-refractivity contribution in [1.29, 1.82) is 0 Å². The summed E-state index contributed by atoms with van der Waals surface area (Å²) in [4.78, 5) is 2.17. The van der Waals surface area contributed by atoms with Gasteiger partial charge < -0.3 is 14.4 Å². The van der Waals surface area contributed by atoms with Crippen LogP contribution in [0.1, 0.15) is 31.7 Å². The second-order valence-corrected chi connectivity index (χ2v) is 5.47. The lowest BCUT2D eigenvalue weighted by molar-refractivity contribution is 0.278. The molecule has 1 aromatic rings. The summed E-state index contributed by atoms with van der Waals surface area (Å²) in [5.41, 5.74) is 1.14. The largest absolute Gasteiger partial charge is 0.494 e. The lowest BCUT2D eigenvalue weighted by Gasteiger charge is -2.14. The van der Waals surface area contributed by atoms with E-state index in [1.807, 2.05) is 18.2 Å². The van der Waals surface area contributed by atoms with E-state index in [4.69, 9.17) is 9.47 Å². The van der Waals surface area contributed by atoms with Crippen LogP contribution in [0.4, 0.5) is 0 Å². The molecule has 0 saturated heterocycles. The highest BCUT2D eigenvalue weighted by atomic mass is 16.5. The maximum Gasteiger partial charge on any atom is 0.123 e. The molecule has 21 heavy (non-hydrogen) atoms. The van der Waals surface area contributed by atoms with Crippen LogP contribution in [0.25, 0.3) is 0 Å². The third-order valence-electron chi connectivity index (χ3n) is 3.17. The first-order chi connectivity index (χ1) is 10.2. The summed E-state index contributed by atoms with van der Waals surface area (Å²) in [6.07, 6.45) is 5.95. The number of allylic oxidation sites excluding steroid dienone is 1. The zero-order valence-electron chi connectivity index (χ0n) is 13.7. The number of unbranched alkanes of at least 4 members (excludes halogenated alkanes) is 1. The van der Waals surface area contributed by atoms with Crippen molar-refractivity contribution in [3.05, 3.63) is 36.4 Å². The quantitative estimate of drug-likeness (QED) is 0.455. The molecule has 0 fully saturated rings. The molecule has 0 atom stereocenters. The molecule has 0 aliphatic heterocycles. The van der Waals surface area contributed by atoms with Gasteiger partial charge in [0.2, 0.25) is 0 Å². The van der Waals surface area contributed by atoms with Gasteiger partial charge in [-0.15, -0.1) is 6.58 Å². The van der Waals surface area contributed by atoms with Crippen LogP contribution in [-0.4, -0.2) is 38.8 Å². The predicted molar refractivity (Wildman–Crippen MR) is 89.4 cm³/mol. The van der Waals surface area contributed by atoms with E-state index in [-0.39, 0.29) is 0 Å². The van der Waals surface area contributed by atoms with Gasteiger partial charge in [0.15, 0.2) is 0 Å². The van der Waals surface area contributed by atoms with E-state index in [2.05, 4.69) is 38.6 Å². The molecule has 0 aliphatic carbocycles. The summed E-state index contributed by atoms with van der Waals surface area (Å²) in [5.74, 6) is 1.86. The van der Waals surface area contributed by atoms with Crippen LogP contribution in [0.2, 0.25) is 0 Å². The lowest BCUT2D eigenvalue weighted by atomic mass is 10.1. The van der Waals surface area contributed by atoms with Gasteiger partial charge in [0.25, 0.3) is 0 Å². The van der Waals surface area contributed by atoms with Gasteiger partial charge in [0.05, 0.1) is 13.2 Å². The minimum absolute atomic E-state index is 0.734. The molecule has 0 spiro atoms. The molecular formula is C18H29NO2. The van der Waals surface area contributed by atoms with Gasteiger partial charge in [0, 0.05) is 12.1 Å². The molecular weight excluding hydrogens is 262 g/mol. The van der Waals surface area contributed by atoms with E-state index in [0.29, 0.717) is 0 Å². The number of rotatable bonds is 11. The molecule has 0 heterocycles. The highest BCUT2D eigenvalue weighted by Crippen LogP contribution is 2.25. The Bertz CT molecular complexity index is 416. The Hall–Kier alpha value is -1.48. The zero-order valence-corrected chi connectivity index (χ0v) is 13.7. The molecule has 0 radical (unpaired) electrons. The van der Waals surface area contributed by atoms with E-state index < -0.39 is 0 Å². The second kappa shape index (κ2) is 10.3. The Morgan fingerprint density at radius 3 is 2.57 bits per heavy atom. The fourth-order valence-corrected chi connectivity index (χ4v) is 2.00. The van der Waals surface area contributed by atoms with Crippen LogP contribution in [0, 0.1) is 0 Å².